The monoisotopic (exact) mass is 622 g/mol. The van der Waals surface area contributed by atoms with E-state index in [0.29, 0.717) is 38.0 Å². The second-order valence-corrected chi connectivity index (χ2v) is 11.4. The Morgan fingerprint density at radius 2 is 1.48 bits per heavy atom. The lowest BCUT2D eigenvalue weighted by Gasteiger charge is -2.45. The highest BCUT2D eigenvalue weighted by Crippen LogP contribution is 2.26. The number of halogens is 1. The molecule has 0 N–H and O–H groups in total. The van der Waals surface area contributed by atoms with Gasteiger partial charge in [-0.3, -0.25) is 14.6 Å². The summed E-state index contributed by atoms with van der Waals surface area (Å²) in [6.45, 7) is 13.7. The number of amides is 2. The van der Waals surface area contributed by atoms with Crippen molar-refractivity contribution in [1.82, 2.24) is 14.7 Å². The summed E-state index contributed by atoms with van der Waals surface area (Å²) >= 11 is 0. The summed E-state index contributed by atoms with van der Waals surface area (Å²) in [7, 11) is 0. The van der Waals surface area contributed by atoms with E-state index in [4.69, 9.17) is 0 Å². The molecule has 2 amide bonds. The minimum atomic E-state index is -0.614. The number of hydrogen-bond acceptors (Lipinski definition) is 4. The van der Waals surface area contributed by atoms with Crippen molar-refractivity contribution in [3.63, 3.8) is 0 Å². The molecular formula is C39H47FN4O2. The van der Waals surface area contributed by atoms with Crippen molar-refractivity contribution in [2.45, 2.75) is 79.2 Å². The van der Waals surface area contributed by atoms with Crippen LogP contribution < -0.4 is 0 Å². The maximum atomic E-state index is 14.5. The molecule has 6 nitrogen and oxygen atoms in total. The number of fused-ring (bicyclic) bond motifs is 1. The smallest absolute Gasteiger partial charge is 0.246 e. The molecular weight excluding hydrogens is 575 g/mol. The van der Waals surface area contributed by atoms with Crippen LogP contribution in [0.5, 0.6) is 0 Å². The second-order valence-electron chi connectivity index (χ2n) is 11.4. The number of nitrogens with zero attached hydrogens (tertiary/aromatic N) is 4. The highest BCUT2D eigenvalue weighted by molar-refractivity contribution is 5.97. The Hall–Kier alpha value is -4.52. The van der Waals surface area contributed by atoms with Gasteiger partial charge in [-0.05, 0) is 48.1 Å². The van der Waals surface area contributed by atoms with E-state index in [0.717, 1.165) is 27.6 Å². The van der Waals surface area contributed by atoms with E-state index >= 15 is 0 Å². The molecule has 46 heavy (non-hydrogen) atoms. The SMILES string of the molecule is CC.CC.Cc1cccc(CC2C(=O)N(Cc3ccccc3)C(C)C(=O)N2CC2CN=CN2Cc2ccc3cccc(F)c3c2)c1. The van der Waals surface area contributed by atoms with Gasteiger partial charge in [-0.2, -0.15) is 0 Å². The first-order valence-electron chi connectivity index (χ1n) is 16.5. The first kappa shape index (κ1) is 34.4. The quantitative estimate of drug-likeness (QED) is 0.206. The molecule has 7 heteroatoms. The van der Waals surface area contributed by atoms with Crippen molar-refractivity contribution >= 4 is 28.9 Å². The van der Waals surface area contributed by atoms with Crippen LogP contribution in [0.4, 0.5) is 4.39 Å². The van der Waals surface area contributed by atoms with Gasteiger partial charge in [-0.25, -0.2) is 4.39 Å². The van der Waals surface area contributed by atoms with Crippen molar-refractivity contribution in [1.29, 1.82) is 0 Å². The summed E-state index contributed by atoms with van der Waals surface area (Å²) in [6.07, 6.45) is 2.26. The van der Waals surface area contributed by atoms with Gasteiger partial charge in [0.25, 0.3) is 0 Å². The zero-order valence-corrected chi connectivity index (χ0v) is 28.0. The first-order valence-corrected chi connectivity index (χ1v) is 16.5. The second kappa shape index (κ2) is 16.2. The molecule has 2 aliphatic rings. The lowest BCUT2D eigenvalue weighted by atomic mass is 9.96. The number of aryl methyl sites for hydroxylation is 1. The van der Waals surface area contributed by atoms with Crippen LogP contribution in [0.25, 0.3) is 10.8 Å². The highest BCUT2D eigenvalue weighted by Gasteiger charge is 2.45. The van der Waals surface area contributed by atoms with E-state index in [2.05, 4.69) is 16.0 Å². The number of hydrogen-bond donors (Lipinski definition) is 0. The molecule has 0 aromatic heterocycles. The summed E-state index contributed by atoms with van der Waals surface area (Å²) in [5.41, 5.74) is 4.10. The van der Waals surface area contributed by atoms with Crippen molar-refractivity contribution < 1.29 is 14.0 Å². The summed E-state index contributed by atoms with van der Waals surface area (Å²) < 4.78 is 14.5. The summed E-state index contributed by atoms with van der Waals surface area (Å²) in [5, 5.41) is 1.45. The Balaban J connectivity index is 0.00000116. The van der Waals surface area contributed by atoms with Crippen molar-refractivity contribution in [3.8, 4) is 0 Å². The number of benzene rings is 4. The van der Waals surface area contributed by atoms with Crippen molar-refractivity contribution in [2.75, 3.05) is 13.1 Å². The van der Waals surface area contributed by atoms with Gasteiger partial charge in [0, 0.05) is 31.4 Å². The Morgan fingerprint density at radius 3 is 2.22 bits per heavy atom. The zero-order chi connectivity index (χ0) is 33.2. The Labute approximate surface area is 273 Å². The van der Waals surface area contributed by atoms with Gasteiger partial charge in [0.2, 0.25) is 11.8 Å². The van der Waals surface area contributed by atoms with Crippen LogP contribution in [0, 0.1) is 12.7 Å². The predicted octanol–water partition coefficient (Wildman–Crippen LogP) is 7.42. The molecule has 2 aliphatic heterocycles. The molecule has 1 fully saturated rings. The third-order valence-corrected chi connectivity index (χ3v) is 8.44. The topological polar surface area (TPSA) is 56.2 Å². The van der Waals surface area contributed by atoms with Gasteiger partial charge < -0.3 is 14.7 Å². The third-order valence-electron chi connectivity index (χ3n) is 8.44. The molecule has 0 bridgehead atoms. The average Bonchev–Trinajstić information content (AvgIpc) is 3.52. The normalized spacial score (nSPS) is 19.1. The third kappa shape index (κ3) is 7.82. The van der Waals surface area contributed by atoms with E-state index in [1.165, 1.54) is 6.07 Å². The molecule has 0 saturated carbocycles. The van der Waals surface area contributed by atoms with E-state index in [-0.39, 0.29) is 23.7 Å². The molecule has 0 aliphatic carbocycles. The lowest BCUT2D eigenvalue weighted by molar-refractivity contribution is -0.162. The van der Waals surface area contributed by atoms with Crippen LogP contribution in [0.2, 0.25) is 0 Å². The molecule has 1 saturated heterocycles. The van der Waals surface area contributed by atoms with Gasteiger partial charge in [0.15, 0.2) is 0 Å². The largest absolute Gasteiger partial charge is 0.352 e. The van der Waals surface area contributed by atoms with Crippen LogP contribution in [0.1, 0.15) is 56.9 Å². The number of piperazine rings is 1. The van der Waals surface area contributed by atoms with Crippen LogP contribution >= 0.6 is 0 Å². The molecule has 4 aromatic carbocycles. The van der Waals surface area contributed by atoms with E-state index in [1.54, 1.807) is 15.9 Å². The average molecular weight is 623 g/mol. The number of carbonyl (C=O) groups excluding carboxylic acids is 2. The molecule has 242 valence electrons. The van der Waals surface area contributed by atoms with Crippen LogP contribution in [-0.2, 0) is 29.1 Å². The lowest BCUT2D eigenvalue weighted by Crippen LogP contribution is -2.65. The van der Waals surface area contributed by atoms with Gasteiger partial charge in [0.05, 0.1) is 18.9 Å². The molecule has 6 rings (SSSR count). The standard InChI is InChI=1S/C35H35FN4O2.2C2H6/c1-24-8-6-11-27(16-24)18-33-35(42)39(21-26-9-4-3-5-10-26)25(2)34(41)40(33)22-30-19-37-23-38(30)20-28-14-15-29-12-7-13-32(36)31(29)17-28;2*1-2/h3-17,23,25,30,33H,18-22H2,1-2H3;2*1-2H3. The fraction of sp³-hybridized carbons (Fsp3) is 0.359. The summed E-state index contributed by atoms with van der Waals surface area (Å²) in [5.74, 6) is -0.336. The number of rotatable bonds is 8. The van der Waals surface area contributed by atoms with Crippen LogP contribution in [-0.4, -0.2) is 64.1 Å². The molecule has 3 atom stereocenters. The molecule has 4 aromatic rings. The minimum Gasteiger partial charge on any atom is -0.352 e. The minimum absolute atomic E-state index is 0.0390. The van der Waals surface area contributed by atoms with Gasteiger partial charge in [0.1, 0.15) is 17.9 Å². The molecule has 3 unspecified atom stereocenters. The Morgan fingerprint density at radius 1 is 0.761 bits per heavy atom. The summed E-state index contributed by atoms with van der Waals surface area (Å²) in [6, 6.07) is 27.6. The predicted molar refractivity (Wildman–Crippen MR) is 186 cm³/mol. The van der Waals surface area contributed by atoms with Gasteiger partial charge in [-0.1, -0.05) is 112 Å². The van der Waals surface area contributed by atoms with Gasteiger partial charge >= 0.3 is 0 Å². The Kier molecular flexibility index (Phi) is 12.1. The van der Waals surface area contributed by atoms with Crippen LogP contribution in [0.3, 0.4) is 0 Å². The number of aliphatic imine (C=N–C) groups is 1. The van der Waals surface area contributed by atoms with Crippen LogP contribution in [0.15, 0.2) is 96.0 Å². The molecule has 0 radical (unpaired) electrons. The maximum absolute atomic E-state index is 14.5. The Bertz CT molecular complexity index is 1640. The van der Waals surface area contributed by atoms with E-state index in [1.807, 2.05) is 121 Å². The van der Waals surface area contributed by atoms with Gasteiger partial charge in [-0.15, -0.1) is 0 Å². The van der Waals surface area contributed by atoms with E-state index in [9.17, 15) is 14.0 Å². The van der Waals surface area contributed by atoms with Crippen molar-refractivity contribution in [2.24, 2.45) is 4.99 Å². The fourth-order valence-corrected chi connectivity index (χ4v) is 6.14. The molecule has 2 heterocycles. The fourth-order valence-electron chi connectivity index (χ4n) is 6.14. The van der Waals surface area contributed by atoms with Crippen molar-refractivity contribution in [3.05, 3.63) is 119 Å². The highest BCUT2D eigenvalue weighted by atomic mass is 19.1. The first-order chi connectivity index (χ1) is 22.4. The number of carbonyl (C=O) groups is 2. The molecule has 0 spiro atoms. The summed E-state index contributed by atoms with van der Waals surface area (Å²) in [4.78, 5) is 38.3. The zero-order valence-electron chi connectivity index (χ0n) is 28.0. The maximum Gasteiger partial charge on any atom is 0.246 e. The van der Waals surface area contributed by atoms with E-state index < -0.39 is 12.1 Å².